The molecular weight excluding hydrogens is 238 g/mol. The molecule has 1 aromatic rings. The monoisotopic (exact) mass is 253 g/mol. The zero-order valence-corrected chi connectivity index (χ0v) is 10.9. The molecule has 0 aromatic heterocycles. The van der Waals surface area contributed by atoms with Gasteiger partial charge in [-0.1, -0.05) is 11.6 Å². The normalized spacial score (nSPS) is 26.5. The number of fused-ring (bicyclic) bond motifs is 1. The Morgan fingerprint density at radius 3 is 2.82 bits per heavy atom. The molecule has 1 unspecified atom stereocenters. The van der Waals surface area contributed by atoms with Gasteiger partial charge in [-0.15, -0.1) is 0 Å². The summed E-state index contributed by atoms with van der Waals surface area (Å²) >= 11 is 6.25. The average molecular weight is 254 g/mol. The molecule has 1 atom stereocenters. The van der Waals surface area contributed by atoms with Crippen molar-refractivity contribution in [3.05, 3.63) is 22.2 Å². The highest BCUT2D eigenvalue weighted by Crippen LogP contribution is 2.46. The van der Waals surface area contributed by atoms with Gasteiger partial charge < -0.3 is 14.8 Å². The molecule has 4 heteroatoms. The van der Waals surface area contributed by atoms with Crippen LogP contribution in [0.3, 0.4) is 0 Å². The predicted octanol–water partition coefficient (Wildman–Crippen LogP) is 2.98. The molecule has 1 aromatic carbocycles. The lowest BCUT2D eigenvalue weighted by molar-refractivity contribution is 0.173. The molecular formula is C13H16ClNO2. The van der Waals surface area contributed by atoms with E-state index < -0.39 is 0 Å². The highest BCUT2D eigenvalue weighted by molar-refractivity contribution is 6.32. The third kappa shape index (κ3) is 1.60. The van der Waals surface area contributed by atoms with Gasteiger partial charge in [0.25, 0.3) is 0 Å². The summed E-state index contributed by atoms with van der Waals surface area (Å²) in [5.41, 5.74) is 2.37. The fourth-order valence-corrected chi connectivity index (χ4v) is 3.10. The Kier molecular flexibility index (Phi) is 2.49. The molecule has 0 saturated carbocycles. The molecule has 2 heterocycles. The summed E-state index contributed by atoms with van der Waals surface area (Å²) in [4.78, 5) is 0. The standard InChI is InChI=1S/C13H16ClNO2/c1-8-9(13(2)4-3-5-15-13)6-10(14)12-11(8)16-7-17-12/h6,15H,3-5,7H2,1-2H3. The van der Waals surface area contributed by atoms with Crippen LogP contribution >= 0.6 is 11.6 Å². The molecule has 1 fully saturated rings. The Morgan fingerprint density at radius 1 is 1.35 bits per heavy atom. The van der Waals surface area contributed by atoms with Gasteiger partial charge in [0.1, 0.15) is 0 Å². The van der Waals surface area contributed by atoms with Gasteiger partial charge >= 0.3 is 0 Å². The van der Waals surface area contributed by atoms with E-state index in [4.69, 9.17) is 21.1 Å². The summed E-state index contributed by atoms with van der Waals surface area (Å²) in [5, 5.41) is 4.20. The lowest BCUT2D eigenvalue weighted by Crippen LogP contribution is -2.33. The van der Waals surface area contributed by atoms with Crippen molar-refractivity contribution < 1.29 is 9.47 Å². The van der Waals surface area contributed by atoms with Crippen LogP contribution in [-0.4, -0.2) is 13.3 Å². The maximum atomic E-state index is 6.25. The molecule has 2 aliphatic rings. The Balaban J connectivity index is 2.15. The highest BCUT2D eigenvalue weighted by atomic mass is 35.5. The van der Waals surface area contributed by atoms with Crippen molar-refractivity contribution in [1.82, 2.24) is 5.32 Å². The zero-order chi connectivity index (χ0) is 12.0. The summed E-state index contributed by atoms with van der Waals surface area (Å²) in [7, 11) is 0. The first kappa shape index (κ1) is 11.2. The Hall–Kier alpha value is -0.930. The van der Waals surface area contributed by atoms with E-state index in [9.17, 15) is 0 Å². The molecule has 1 saturated heterocycles. The molecule has 1 N–H and O–H groups in total. The number of halogens is 1. The molecule has 3 rings (SSSR count). The number of hydrogen-bond acceptors (Lipinski definition) is 3. The van der Waals surface area contributed by atoms with E-state index in [-0.39, 0.29) is 12.3 Å². The smallest absolute Gasteiger partial charge is 0.231 e. The number of hydrogen-bond donors (Lipinski definition) is 1. The first-order valence-corrected chi connectivity index (χ1v) is 6.34. The topological polar surface area (TPSA) is 30.5 Å². The molecule has 0 bridgehead atoms. The fourth-order valence-electron chi connectivity index (χ4n) is 2.85. The molecule has 3 nitrogen and oxygen atoms in total. The van der Waals surface area contributed by atoms with Crippen molar-refractivity contribution in [2.24, 2.45) is 0 Å². The summed E-state index contributed by atoms with van der Waals surface area (Å²) in [6.45, 7) is 5.62. The minimum absolute atomic E-state index is 0.00863. The lowest BCUT2D eigenvalue weighted by Gasteiger charge is -2.27. The van der Waals surface area contributed by atoms with Crippen molar-refractivity contribution in [1.29, 1.82) is 0 Å². The molecule has 17 heavy (non-hydrogen) atoms. The lowest BCUT2D eigenvalue weighted by atomic mass is 9.87. The largest absolute Gasteiger partial charge is 0.453 e. The summed E-state index contributed by atoms with van der Waals surface area (Å²) < 4.78 is 10.9. The van der Waals surface area contributed by atoms with E-state index in [0.29, 0.717) is 10.8 Å². The highest BCUT2D eigenvalue weighted by Gasteiger charge is 2.34. The first-order chi connectivity index (χ1) is 8.12. The maximum absolute atomic E-state index is 6.25. The summed E-state index contributed by atoms with van der Waals surface area (Å²) in [6, 6.07) is 2.02. The number of nitrogens with one attached hydrogen (secondary N) is 1. The number of benzene rings is 1. The molecule has 0 radical (unpaired) electrons. The van der Waals surface area contributed by atoms with E-state index in [1.165, 1.54) is 12.0 Å². The van der Waals surface area contributed by atoms with Crippen LogP contribution in [0, 0.1) is 6.92 Å². The summed E-state index contributed by atoms with van der Waals surface area (Å²) in [5.74, 6) is 1.50. The minimum atomic E-state index is 0.00863. The van der Waals surface area contributed by atoms with Crippen LogP contribution in [0.4, 0.5) is 0 Å². The van der Waals surface area contributed by atoms with Crippen LogP contribution in [0.5, 0.6) is 11.5 Å². The van der Waals surface area contributed by atoms with Gasteiger partial charge in [-0.25, -0.2) is 0 Å². The van der Waals surface area contributed by atoms with E-state index in [1.54, 1.807) is 0 Å². The molecule has 2 aliphatic heterocycles. The van der Waals surface area contributed by atoms with Crippen molar-refractivity contribution in [3.63, 3.8) is 0 Å². The van der Waals surface area contributed by atoms with Crippen LogP contribution in [0.25, 0.3) is 0 Å². The van der Waals surface area contributed by atoms with Crippen molar-refractivity contribution in [2.45, 2.75) is 32.2 Å². The summed E-state index contributed by atoms with van der Waals surface area (Å²) in [6.07, 6.45) is 2.33. The molecule has 0 amide bonds. The van der Waals surface area contributed by atoms with Gasteiger partial charge in [0, 0.05) is 11.1 Å². The predicted molar refractivity (Wildman–Crippen MR) is 66.9 cm³/mol. The van der Waals surface area contributed by atoms with Crippen molar-refractivity contribution in [2.75, 3.05) is 13.3 Å². The van der Waals surface area contributed by atoms with Gasteiger partial charge in [0.2, 0.25) is 6.79 Å². The van der Waals surface area contributed by atoms with Crippen LogP contribution in [0.15, 0.2) is 6.07 Å². The zero-order valence-electron chi connectivity index (χ0n) is 10.1. The number of ether oxygens (including phenoxy) is 2. The van der Waals surface area contributed by atoms with Gasteiger partial charge in [-0.3, -0.25) is 0 Å². The van der Waals surface area contributed by atoms with Crippen LogP contribution in [0.1, 0.15) is 30.9 Å². The third-order valence-electron chi connectivity index (χ3n) is 3.81. The molecule has 0 aliphatic carbocycles. The van der Waals surface area contributed by atoms with E-state index in [1.807, 2.05) is 6.07 Å². The average Bonchev–Trinajstić information content (AvgIpc) is 2.92. The van der Waals surface area contributed by atoms with Gasteiger partial charge in [0.15, 0.2) is 11.5 Å². The maximum Gasteiger partial charge on any atom is 0.231 e. The molecule has 0 spiro atoms. The Morgan fingerprint density at radius 2 is 2.12 bits per heavy atom. The van der Waals surface area contributed by atoms with Crippen molar-refractivity contribution in [3.8, 4) is 11.5 Å². The van der Waals surface area contributed by atoms with Gasteiger partial charge in [-0.05, 0) is 44.9 Å². The van der Waals surface area contributed by atoms with Gasteiger partial charge in [-0.2, -0.15) is 0 Å². The van der Waals surface area contributed by atoms with Crippen LogP contribution < -0.4 is 14.8 Å². The molecule has 92 valence electrons. The number of rotatable bonds is 1. The second-order valence-electron chi connectivity index (χ2n) is 4.96. The van der Waals surface area contributed by atoms with E-state index >= 15 is 0 Å². The SMILES string of the molecule is Cc1c(C2(C)CCCN2)cc(Cl)c2c1OCO2. The van der Waals surface area contributed by atoms with Crippen molar-refractivity contribution >= 4 is 11.6 Å². The minimum Gasteiger partial charge on any atom is -0.453 e. The van der Waals surface area contributed by atoms with E-state index in [2.05, 4.69) is 19.2 Å². The van der Waals surface area contributed by atoms with Gasteiger partial charge in [0.05, 0.1) is 5.02 Å². The van der Waals surface area contributed by atoms with Crippen LogP contribution in [0.2, 0.25) is 5.02 Å². The second-order valence-corrected chi connectivity index (χ2v) is 5.37. The van der Waals surface area contributed by atoms with Crippen LogP contribution in [-0.2, 0) is 5.54 Å². The Labute approximate surface area is 106 Å². The first-order valence-electron chi connectivity index (χ1n) is 5.96. The Bertz CT molecular complexity index is 467. The fraction of sp³-hybridized carbons (Fsp3) is 0.538. The quantitative estimate of drug-likeness (QED) is 0.835. The van der Waals surface area contributed by atoms with E-state index in [0.717, 1.165) is 24.3 Å². The second kappa shape index (κ2) is 3.79. The third-order valence-corrected chi connectivity index (χ3v) is 4.09.